The third-order valence-corrected chi connectivity index (χ3v) is 3.36. The Morgan fingerprint density at radius 2 is 1.95 bits per heavy atom. The molecule has 0 aromatic heterocycles. The second-order valence-electron chi connectivity index (χ2n) is 5.11. The number of Topliss-reactive ketones (excluding diaryl/α,β-unsaturated/α-hetero) is 2. The Kier molecular flexibility index (Phi) is 5.69. The average Bonchev–Trinajstić information content (AvgIpc) is 2.52. The highest BCUT2D eigenvalue weighted by Gasteiger charge is 2.34. The van der Waals surface area contributed by atoms with Gasteiger partial charge in [-0.05, 0) is 25.3 Å². The first-order valence-electron chi connectivity index (χ1n) is 7.12. The van der Waals surface area contributed by atoms with Crippen LogP contribution in [0.2, 0.25) is 0 Å². The Morgan fingerprint density at radius 1 is 1.23 bits per heavy atom. The van der Waals surface area contributed by atoms with Gasteiger partial charge in [0, 0.05) is 12.8 Å². The van der Waals surface area contributed by atoms with Crippen LogP contribution in [0.25, 0.3) is 0 Å². The van der Waals surface area contributed by atoms with Crippen LogP contribution in [0.1, 0.15) is 25.3 Å². The van der Waals surface area contributed by atoms with Crippen molar-refractivity contribution in [3.63, 3.8) is 0 Å². The summed E-state index contributed by atoms with van der Waals surface area (Å²) in [4.78, 5) is 36.5. The molecule has 5 nitrogen and oxygen atoms in total. The summed E-state index contributed by atoms with van der Waals surface area (Å²) < 4.78 is 5.24. The SMILES string of the molecule is CC(=O)CCC1C(=O)[CH][CH][CH]N1C(=O)OCc1ccccc1. The molecule has 1 aliphatic heterocycles. The van der Waals surface area contributed by atoms with Gasteiger partial charge in [-0.25, -0.2) is 4.79 Å². The van der Waals surface area contributed by atoms with Crippen LogP contribution in [0, 0.1) is 19.4 Å². The summed E-state index contributed by atoms with van der Waals surface area (Å²) in [5.41, 5.74) is 0.870. The predicted octanol–water partition coefficient (Wildman–Crippen LogP) is 2.52. The second kappa shape index (κ2) is 7.73. The average molecular weight is 300 g/mol. The Labute approximate surface area is 130 Å². The minimum atomic E-state index is -0.669. The lowest BCUT2D eigenvalue weighted by Gasteiger charge is -2.32. The van der Waals surface area contributed by atoms with Crippen molar-refractivity contribution < 1.29 is 19.1 Å². The fourth-order valence-electron chi connectivity index (χ4n) is 2.19. The van der Waals surface area contributed by atoms with E-state index in [0.717, 1.165) is 5.56 Å². The molecule has 0 aliphatic carbocycles. The smallest absolute Gasteiger partial charge is 0.411 e. The van der Waals surface area contributed by atoms with Crippen LogP contribution in [0.3, 0.4) is 0 Å². The molecule has 1 fully saturated rings. The summed E-state index contributed by atoms with van der Waals surface area (Å²) in [6, 6.07) is 8.63. The third kappa shape index (κ3) is 4.41. The highest BCUT2D eigenvalue weighted by Crippen LogP contribution is 2.21. The second-order valence-corrected chi connectivity index (χ2v) is 5.11. The van der Waals surface area contributed by atoms with Crippen LogP contribution >= 0.6 is 0 Å². The maximum absolute atomic E-state index is 12.2. The number of carbonyl (C=O) groups excluding carboxylic acids is 3. The van der Waals surface area contributed by atoms with Crippen molar-refractivity contribution in [2.45, 2.75) is 32.4 Å². The van der Waals surface area contributed by atoms with Gasteiger partial charge in [0.2, 0.25) is 0 Å². The molecule has 1 aromatic rings. The van der Waals surface area contributed by atoms with Gasteiger partial charge in [0.1, 0.15) is 12.4 Å². The van der Waals surface area contributed by atoms with Gasteiger partial charge < -0.3 is 9.53 Å². The fourth-order valence-corrected chi connectivity index (χ4v) is 2.19. The molecule has 1 heterocycles. The number of piperidine rings is 1. The molecule has 0 saturated carbocycles. The first kappa shape index (κ1) is 16.2. The van der Waals surface area contributed by atoms with Crippen LogP contribution in [0.5, 0.6) is 0 Å². The zero-order valence-corrected chi connectivity index (χ0v) is 12.4. The Hall–Kier alpha value is -2.17. The molecular formula is C17H18NO4. The largest absolute Gasteiger partial charge is 0.445 e. The number of ketones is 2. The molecule has 1 aromatic carbocycles. The number of benzene rings is 1. The summed E-state index contributed by atoms with van der Waals surface area (Å²) in [5, 5.41) is 0. The zero-order valence-electron chi connectivity index (χ0n) is 12.4. The highest BCUT2D eigenvalue weighted by atomic mass is 16.6. The Balaban J connectivity index is 1.95. The molecule has 3 radical (unpaired) electrons. The van der Waals surface area contributed by atoms with Crippen molar-refractivity contribution in [2.24, 2.45) is 0 Å². The summed E-state index contributed by atoms with van der Waals surface area (Å²) in [6.45, 7) is 3.12. The molecule has 0 spiro atoms. The number of carbonyl (C=O) groups is 3. The molecule has 1 amide bonds. The van der Waals surface area contributed by atoms with Crippen molar-refractivity contribution >= 4 is 17.7 Å². The molecule has 2 rings (SSSR count). The predicted molar refractivity (Wildman–Crippen MR) is 80.1 cm³/mol. The first-order chi connectivity index (χ1) is 10.6. The molecule has 22 heavy (non-hydrogen) atoms. The van der Waals surface area contributed by atoms with Crippen LogP contribution < -0.4 is 0 Å². The summed E-state index contributed by atoms with van der Waals surface area (Å²) in [5.74, 6) is -0.208. The van der Waals surface area contributed by atoms with E-state index < -0.39 is 12.1 Å². The van der Waals surface area contributed by atoms with Crippen LogP contribution in [0.15, 0.2) is 30.3 Å². The van der Waals surface area contributed by atoms with Crippen molar-refractivity contribution in [3.8, 4) is 0 Å². The van der Waals surface area contributed by atoms with E-state index in [1.54, 1.807) is 0 Å². The number of amides is 1. The zero-order chi connectivity index (χ0) is 15.9. The van der Waals surface area contributed by atoms with Gasteiger partial charge in [0.25, 0.3) is 0 Å². The van der Waals surface area contributed by atoms with E-state index in [1.807, 2.05) is 30.3 Å². The number of likely N-dealkylation sites (tertiary alicyclic amines) is 1. The van der Waals surface area contributed by atoms with Gasteiger partial charge in [0.05, 0.1) is 12.6 Å². The van der Waals surface area contributed by atoms with Gasteiger partial charge in [-0.3, -0.25) is 9.69 Å². The maximum Gasteiger partial charge on any atom is 0.411 e. The number of hydrogen-bond donors (Lipinski definition) is 0. The van der Waals surface area contributed by atoms with Crippen molar-refractivity contribution in [2.75, 3.05) is 0 Å². The molecule has 1 aliphatic rings. The molecular weight excluding hydrogens is 282 g/mol. The molecule has 1 saturated heterocycles. The van der Waals surface area contributed by atoms with Gasteiger partial charge in [-0.1, -0.05) is 30.3 Å². The molecule has 5 heteroatoms. The van der Waals surface area contributed by atoms with Crippen molar-refractivity contribution in [3.05, 3.63) is 55.3 Å². The van der Waals surface area contributed by atoms with E-state index in [1.165, 1.54) is 31.2 Å². The van der Waals surface area contributed by atoms with E-state index in [9.17, 15) is 14.4 Å². The Morgan fingerprint density at radius 3 is 2.64 bits per heavy atom. The van der Waals surface area contributed by atoms with E-state index in [4.69, 9.17) is 4.74 Å². The lowest BCUT2D eigenvalue weighted by Crippen LogP contribution is -2.47. The number of nitrogens with zero attached hydrogens (tertiary/aromatic N) is 1. The minimum absolute atomic E-state index is 0.0139. The summed E-state index contributed by atoms with van der Waals surface area (Å²) in [7, 11) is 0. The molecule has 0 N–H and O–H groups in total. The van der Waals surface area contributed by atoms with Crippen LogP contribution in [0.4, 0.5) is 4.79 Å². The standard InChI is InChI=1S/C17H18NO4/c1-13(19)9-10-15-16(20)8-5-11-18(15)17(21)22-12-14-6-3-2-4-7-14/h2-8,11,15H,9-10,12H2,1H3. The quantitative estimate of drug-likeness (QED) is 0.838. The third-order valence-electron chi connectivity index (χ3n) is 3.36. The molecule has 0 bridgehead atoms. The highest BCUT2D eigenvalue weighted by molar-refractivity contribution is 5.97. The lowest BCUT2D eigenvalue weighted by atomic mass is 9.96. The number of hydrogen-bond acceptors (Lipinski definition) is 4. The molecule has 115 valence electrons. The van der Waals surface area contributed by atoms with E-state index in [-0.39, 0.29) is 24.6 Å². The van der Waals surface area contributed by atoms with Crippen LogP contribution in [-0.2, 0) is 20.9 Å². The van der Waals surface area contributed by atoms with Gasteiger partial charge in [0.15, 0.2) is 5.78 Å². The van der Waals surface area contributed by atoms with E-state index in [2.05, 4.69) is 0 Å². The van der Waals surface area contributed by atoms with Crippen molar-refractivity contribution in [1.82, 2.24) is 4.90 Å². The number of rotatable bonds is 5. The topological polar surface area (TPSA) is 63.7 Å². The van der Waals surface area contributed by atoms with E-state index in [0.29, 0.717) is 6.42 Å². The fraction of sp³-hybridized carbons (Fsp3) is 0.294. The number of ether oxygens (including phenoxy) is 1. The van der Waals surface area contributed by atoms with Crippen molar-refractivity contribution in [1.29, 1.82) is 0 Å². The van der Waals surface area contributed by atoms with Gasteiger partial charge in [-0.15, -0.1) is 0 Å². The van der Waals surface area contributed by atoms with Gasteiger partial charge in [-0.2, -0.15) is 0 Å². The molecule has 1 unspecified atom stereocenters. The minimum Gasteiger partial charge on any atom is -0.445 e. The van der Waals surface area contributed by atoms with Crippen LogP contribution in [-0.4, -0.2) is 28.6 Å². The monoisotopic (exact) mass is 300 g/mol. The summed E-state index contributed by atoms with van der Waals surface area (Å²) >= 11 is 0. The summed E-state index contributed by atoms with van der Waals surface area (Å²) in [6.07, 6.45) is 2.88. The van der Waals surface area contributed by atoms with E-state index >= 15 is 0 Å². The normalized spacial score (nSPS) is 18.1. The molecule has 1 atom stereocenters. The maximum atomic E-state index is 12.2. The first-order valence-corrected chi connectivity index (χ1v) is 7.12. The Bertz CT molecular complexity index is 541. The van der Waals surface area contributed by atoms with Gasteiger partial charge >= 0.3 is 6.09 Å². The lowest BCUT2D eigenvalue weighted by molar-refractivity contribution is -0.121.